The summed E-state index contributed by atoms with van der Waals surface area (Å²) in [6.45, 7) is 4.84. The van der Waals surface area contributed by atoms with Crippen molar-refractivity contribution < 1.29 is 4.74 Å². The van der Waals surface area contributed by atoms with Gasteiger partial charge in [-0.2, -0.15) is 0 Å². The molecule has 1 aliphatic rings. The van der Waals surface area contributed by atoms with Crippen LogP contribution in [-0.4, -0.2) is 18.6 Å². The lowest BCUT2D eigenvalue weighted by molar-refractivity contribution is 0.0189. The Hall–Kier alpha value is -0.450. The summed E-state index contributed by atoms with van der Waals surface area (Å²) >= 11 is 1.79. The Labute approximate surface area is 101 Å². The molecule has 0 aliphatic heterocycles. The predicted octanol–water partition coefficient (Wildman–Crippen LogP) is 2.40. The van der Waals surface area contributed by atoms with Gasteiger partial charge in [0, 0.05) is 24.4 Å². The molecule has 0 fully saturated rings. The van der Waals surface area contributed by atoms with Crippen LogP contribution in [0, 0.1) is 0 Å². The highest BCUT2D eigenvalue weighted by Gasteiger charge is 2.29. The Morgan fingerprint density at radius 3 is 2.94 bits per heavy atom. The van der Waals surface area contributed by atoms with E-state index in [4.69, 9.17) is 15.5 Å². The minimum Gasteiger partial charge on any atom is -0.372 e. The van der Waals surface area contributed by atoms with Crippen molar-refractivity contribution in [3.05, 3.63) is 15.6 Å². The molecule has 16 heavy (non-hydrogen) atoms. The molecule has 1 aliphatic carbocycles. The summed E-state index contributed by atoms with van der Waals surface area (Å²) in [6.07, 6.45) is 3.58. The molecule has 0 saturated carbocycles. The SMILES string of the molecule is COC(C)(C)c1nc2c(s1)CCCC2CN. The Balaban J connectivity index is 2.36. The number of nitrogens with zero attached hydrogens (tertiary/aromatic N) is 1. The number of aromatic nitrogens is 1. The average molecular weight is 240 g/mol. The van der Waals surface area contributed by atoms with Gasteiger partial charge in [0.05, 0.1) is 5.69 Å². The van der Waals surface area contributed by atoms with Gasteiger partial charge in [-0.15, -0.1) is 11.3 Å². The number of methoxy groups -OCH3 is 1. The van der Waals surface area contributed by atoms with E-state index >= 15 is 0 Å². The van der Waals surface area contributed by atoms with Crippen LogP contribution in [0.5, 0.6) is 0 Å². The van der Waals surface area contributed by atoms with Crippen molar-refractivity contribution in [2.24, 2.45) is 5.73 Å². The van der Waals surface area contributed by atoms with E-state index in [1.165, 1.54) is 23.4 Å². The van der Waals surface area contributed by atoms with Crippen LogP contribution in [0.2, 0.25) is 0 Å². The van der Waals surface area contributed by atoms with Crippen molar-refractivity contribution in [1.29, 1.82) is 0 Å². The van der Waals surface area contributed by atoms with E-state index in [1.807, 2.05) is 0 Å². The van der Waals surface area contributed by atoms with E-state index in [0.29, 0.717) is 12.5 Å². The van der Waals surface area contributed by atoms with Gasteiger partial charge in [0.2, 0.25) is 0 Å². The van der Waals surface area contributed by atoms with Crippen LogP contribution < -0.4 is 5.73 Å². The van der Waals surface area contributed by atoms with E-state index in [0.717, 1.165) is 11.4 Å². The Morgan fingerprint density at radius 1 is 1.56 bits per heavy atom. The van der Waals surface area contributed by atoms with Crippen molar-refractivity contribution >= 4 is 11.3 Å². The molecule has 2 rings (SSSR count). The van der Waals surface area contributed by atoms with Crippen molar-refractivity contribution in [2.75, 3.05) is 13.7 Å². The van der Waals surface area contributed by atoms with Crippen molar-refractivity contribution in [1.82, 2.24) is 4.98 Å². The van der Waals surface area contributed by atoms with E-state index in [2.05, 4.69) is 13.8 Å². The first-order chi connectivity index (χ1) is 7.58. The van der Waals surface area contributed by atoms with E-state index in [9.17, 15) is 0 Å². The van der Waals surface area contributed by atoms with Gasteiger partial charge in [-0.05, 0) is 33.1 Å². The minimum absolute atomic E-state index is 0.277. The molecule has 0 aromatic carbocycles. The standard InChI is InChI=1S/C12H20N2OS/c1-12(2,15-3)11-14-10-8(7-13)5-4-6-9(10)16-11/h8H,4-7,13H2,1-3H3. The fourth-order valence-corrected chi connectivity index (χ4v) is 3.35. The molecule has 0 spiro atoms. The molecule has 0 bridgehead atoms. The van der Waals surface area contributed by atoms with Gasteiger partial charge in [-0.3, -0.25) is 0 Å². The summed E-state index contributed by atoms with van der Waals surface area (Å²) < 4.78 is 5.49. The number of hydrogen-bond acceptors (Lipinski definition) is 4. The first kappa shape index (κ1) is 12.0. The maximum atomic E-state index is 5.80. The van der Waals surface area contributed by atoms with E-state index in [-0.39, 0.29) is 5.60 Å². The number of ether oxygens (including phenoxy) is 1. The smallest absolute Gasteiger partial charge is 0.125 e. The molecule has 1 unspecified atom stereocenters. The third-order valence-corrected chi connectivity index (χ3v) is 4.82. The van der Waals surface area contributed by atoms with Crippen LogP contribution in [0.25, 0.3) is 0 Å². The lowest BCUT2D eigenvalue weighted by Gasteiger charge is -2.20. The molecule has 0 radical (unpaired) electrons. The summed E-state index contributed by atoms with van der Waals surface area (Å²) in [5, 5.41) is 1.08. The molecule has 1 aromatic rings. The first-order valence-electron chi connectivity index (χ1n) is 5.83. The Bertz CT molecular complexity index is 373. The average Bonchev–Trinajstić information content (AvgIpc) is 2.73. The molecular formula is C12H20N2OS. The number of rotatable bonds is 3. The fourth-order valence-electron chi connectivity index (χ4n) is 2.08. The highest BCUT2D eigenvalue weighted by Crippen LogP contribution is 2.38. The number of aryl methyl sites for hydroxylation is 1. The lowest BCUT2D eigenvalue weighted by atomic mass is 9.91. The second-order valence-corrected chi connectivity index (χ2v) is 5.95. The van der Waals surface area contributed by atoms with Gasteiger partial charge in [0.1, 0.15) is 10.6 Å². The molecular weight excluding hydrogens is 220 g/mol. The Kier molecular flexibility index (Phi) is 3.33. The molecule has 2 N–H and O–H groups in total. The quantitative estimate of drug-likeness (QED) is 0.882. The van der Waals surface area contributed by atoms with Crippen LogP contribution in [-0.2, 0) is 16.8 Å². The molecule has 1 heterocycles. The maximum Gasteiger partial charge on any atom is 0.125 e. The monoisotopic (exact) mass is 240 g/mol. The summed E-state index contributed by atoms with van der Waals surface area (Å²) in [5.41, 5.74) is 6.76. The second kappa shape index (κ2) is 4.43. The maximum absolute atomic E-state index is 5.80. The van der Waals surface area contributed by atoms with Crippen LogP contribution in [0.1, 0.15) is 48.2 Å². The molecule has 0 amide bonds. The summed E-state index contributed by atoms with van der Waals surface area (Å²) in [6, 6.07) is 0. The zero-order chi connectivity index (χ0) is 11.8. The van der Waals surface area contributed by atoms with Gasteiger partial charge in [-0.25, -0.2) is 4.98 Å². The highest BCUT2D eigenvalue weighted by atomic mass is 32.1. The molecule has 1 aromatic heterocycles. The van der Waals surface area contributed by atoms with E-state index in [1.54, 1.807) is 18.4 Å². The lowest BCUT2D eigenvalue weighted by Crippen LogP contribution is -2.20. The number of fused-ring (bicyclic) bond motifs is 1. The van der Waals surface area contributed by atoms with Crippen molar-refractivity contribution in [3.8, 4) is 0 Å². The topological polar surface area (TPSA) is 48.1 Å². The van der Waals surface area contributed by atoms with Gasteiger partial charge in [-0.1, -0.05) is 0 Å². The summed E-state index contributed by atoms with van der Waals surface area (Å²) in [5.74, 6) is 0.460. The zero-order valence-electron chi connectivity index (χ0n) is 10.2. The Morgan fingerprint density at radius 2 is 2.31 bits per heavy atom. The largest absolute Gasteiger partial charge is 0.372 e. The van der Waals surface area contributed by atoms with Gasteiger partial charge >= 0.3 is 0 Å². The molecule has 3 nitrogen and oxygen atoms in total. The number of nitrogens with two attached hydrogens (primary N) is 1. The number of thiazole rings is 1. The summed E-state index contributed by atoms with van der Waals surface area (Å²) in [4.78, 5) is 6.18. The van der Waals surface area contributed by atoms with Crippen molar-refractivity contribution in [2.45, 2.75) is 44.6 Å². The van der Waals surface area contributed by atoms with Gasteiger partial charge < -0.3 is 10.5 Å². The van der Waals surface area contributed by atoms with Crippen molar-refractivity contribution in [3.63, 3.8) is 0 Å². The molecule has 90 valence electrons. The van der Waals surface area contributed by atoms with Gasteiger partial charge in [0.25, 0.3) is 0 Å². The fraction of sp³-hybridized carbons (Fsp3) is 0.750. The third kappa shape index (κ3) is 2.01. The van der Waals surface area contributed by atoms with E-state index < -0.39 is 0 Å². The van der Waals surface area contributed by atoms with Crippen LogP contribution in [0.4, 0.5) is 0 Å². The molecule has 4 heteroatoms. The van der Waals surface area contributed by atoms with Gasteiger partial charge in [0.15, 0.2) is 0 Å². The van der Waals surface area contributed by atoms with Crippen LogP contribution in [0.3, 0.4) is 0 Å². The second-order valence-electron chi connectivity index (χ2n) is 4.87. The van der Waals surface area contributed by atoms with Crippen LogP contribution >= 0.6 is 11.3 Å². The third-order valence-electron chi connectivity index (χ3n) is 3.38. The zero-order valence-corrected chi connectivity index (χ0v) is 11.1. The first-order valence-corrected chi connectivity index (χ1v) is 6.65. The normalized spacial score (nSPS) is 20.9. The number of hydrogen-bond donors (Lipinski definition) is 1. The van der Waals surface area contributed by atoms with Crippen LogP contribution in [0.15, 0.2) is 0 Å². The highest BCUT2D eigenvalue weighted by molar-refractivity contribution is 7.11. The minimum atomic E-state index is -0.277. The molecule has 1 atom stereocenters. The summed E-state index contributed by atoms with van der Waals surface area (Å²) in [7, 11) is 1.74. The predicted molar refractivity (Wildman–Crippen MR) is 66.9 cm³/mol. The molecule has 0 saturated heterocycles.